The summed E-state index contributed by atoms with van der Waals surface area (Å²) in [5.41, 5.74) is 0. The minimum atomic E-state index is -6.58. The molecular weight excluding hydrogens is 1970 g/mol. The second-order valence-electron chi connectivity index (χ2n) is 25.5. The van der Waals surface area contributed by atoms with Gasteiger partial charge in [0, 0.05) is 80.2 Å². The van der Waals surface area contributed by atoms with Gasteiger partial charge >= 0.3 is 272 Å². The average molecular weight is 2050 g/mol. The Hall–Kier alpha value is 4.95. The minimum absolute atomic E-state index is 0. The number of hydrogen-bond acceptors (Lipinski definition) is 52. The second kappa shape index (κ2) is 60.4. The van der Waals surface area contributed by atoms with E-state index in [9.17, 15) is 125 Å². The second-order valence-corrected chi connectivity index (χ2v) is 34.0. The molecule has 7 aliphatic rings. The molecule has 0 saturated carbocycles. The first-order valence-corrected chi connectivity index (χ1v) is 43.9. The van der Waals surface area contributed by atoms with Crippen molar-refractivity contribution in [3.05, 3.63) is 0 Å². The fourth-order valence-corrected chi connectivity index (χ4v) is 17.9. The molecule has 0 aromatic rings. The summed E-state index contributed by atoms with van der Waals surface area (Å²) in [4.78, 5) is 65.1. The Labute approximate surface area is 922 Å². The maximum absolute atomic E-state index is 13.9. The molecule has 0 aliphatic carbocycles. The fraction of sp³-hybridized carbons (Fsp3) is 0.906. The van der Waals surface area contributed by atoms with Gasteiger partial charge in [-0.1, -0.05) is 12.8 Å². The van der Waals surface area contributed by atoms with Gasteiger partial charge < -0.3 is 149 Å². The summed E-state index contributed by atoms with van der Waals surface area (Å²) in [6.07, 6.45) is -59.3. The van der Waals surface area contributed by atoms with Crippen LogP contribution in [0.15, 0.2) is 0 Å². The van der Waals surface area contributed by atoms with Crippen LogP contribution in [0.1, 0.15) is 51.4 Å². The van der Waals surface area contributed by atoms with Crippen molar-refractivity contribution in [1.29, 1.82) is 0 Å². The topological polar surface area (TPSA) is 792 Å². The molecule has 4 N–H and O–H groups in total. The van der Waals surface area contributed by atoms with Crippen molar-refractivity contribution in [3.8, 4) is 0 Å². The molecule has 125 heavy (non-hydrogen) atoms. The van der Waals surface area contributed by atoms with Crippen LogP contribution in [0.5, 0.6) is 0 Å². The van der Waals surface area contributed by atoms with Gasteiger partial charge in [0.1, 0.15) is 110 Å². The first-order valence-electron chi connectivity index (χ1n) is 33.6. The predicted molar refractivity (Wildman–Crippen MR) is 347 cm³/mol. The number of thioether (sulfide) groups is 1. The van der Waals surface area contributed by atoms with Crippen LogP contribution in [0.2, 0.25) is 0 Å². The van der Waals surface area contributed by atoms with Crippen LogP contribution >= 0.6 is 11.8 Å². The molecular formula is C53H79N4Na9O51S8. The van der Waals surface area contributed by atoms with E-state index in [-0.39, 0.29) is 321 Å². The van der Waals surface area contributed by atoms with E-state index in [1.54, 1.807) is 11.8 Å². The first-order chi connectivity index (χ1) is 53.9. The number of aliphatic carboxylic acids is 2. The fourth-order valence-electron chi connectivity index (χ4n) is 13.6. The number of amides is 4. The van der Waals surface area contributed by atoms with Crippen molar-refractivity contribution in [3.63, 3.8) is 0 Å². The number of urea groups is 1. The van der Waals surface area contributed by atoms with Crippen molar-refractivity contribution < 1.29 is 496 Å². The van der Waals surface area contributed by atoms with Gasteiger partial charge in [-0.25, -0.2) is 63.7 Å². The van der Waals surface area contributed by atoms with E-state index >= 15 is 0 Å². The third-order valence-electron chi connectivity index (χ3n) is 18.2. The number of rotatable bonds is 46. The third-order valence-corrected chi connectivity index (χ3v) is 22.8. The van der Waals surface area contributed by atoms with E-state index in [4.69, 9.17) is 75.8 Å². The Morgan fingerprint density at radius 1 is 0.384 bits per heavy atom. The molecule has 28 atom stereocenters. The molecule has 0 spiro atoms. The Morgan fingerprint density at radius 2 is 0.736 bits per heavy atom. The van der Waals surface area contributed by atoms with Gasteiger partial charge in [0.2, 0.25) is 84.6 Å². The van der Waals surface area contributed by atoms with Gasteiger partial charge in [0.25, 0.3) is 0 Å². The number of ether oxygens (including phenoxy) is 16. The van der Waals surface area contributed by atoms with Crippen LogP contribution in [0.4, 0.5) is 4.79 Å². The molecule has 0 bridgehead atoms. The standard InChI is InChI=1S/C53H88N4O51S8.9Na/c1-86-30-22(17-93-110(65,66)67)96-48(29(33(30)87-2)56-27(59)15-9-8-12-16-54-26(58)14-11-10-13-25-28-21(20-109-25)55-53(64)57-28)101-36-34(88-3)42(90-5)50(103-40(36)46(60)61)100-32-24(19-95-112(71,72)73)98-52(45(108-116(83,84)85)39(32)106-114(77,78)79)102-37-35(89-4)43(91-6)51(104-41(37)47(62)63)99-31-23(18-94-111(68,69)70)97-49(92-7)44(107-115(80,81)82)38(31)105-113(74,75)76;;;;;;;;;/h21-25,28-45,48-52H,8-20H2,1-7H3,(H,54,58)(H,56,59)(H,60,61)(H,62,63)(H2,55,57,64)(H,65,66,67)(H,68,69,70)(H,71,72,73)(H,74,75,76)(H,77,78,79)(H,80,81,82)(H,83,84,85);;;;;;;;;/q;9*+1/p-9. The van der Waals surface area contributed by atoms with Gasteiger partial charge in [-0.15, -0.1) is 0 Å². The normalized spacial score (nSPS) is 33.0. The zero-order valence-electron chi connectivity index (χ0n) is 69.9. The quantitative estimate of drug-likeness (QED) is 0.0145. The number of nitrogens with one attached hydrogen (secondary N) is 4. The number of hydrogen-bond donors (Lipinski definition) is 4. The van der Waals surface area contributed by atoms with Gasteiger partial charge in [-0.2, -0.15) is 11.8 Å². The summed E-state index contributed by atoms with van der Waals surface area (Å²) in [7, 11) is -37.5. The SMILES string of the molecule is COC1OC(COS(=O)(=O)[O-])C(OC2OC(C(=O)[O-])C(OC3OC(COS(=O)(=O)[O-])C(OC4OC(C(=O)[O-])C(OC5OC(COS(=O)(=O)[O-])C(OC)C(OC)C5NC(=O)CCCCCNC(=O)CCCCC5SCC6NC(=O)NC65)C(OC)C4OC)C(OS(=O)(=O)[O-])C3OS(=O)(=O)[O-])C(OC)C2OC)C(OS(=O)(=O)[O-])C1OS(=O)(=O)[O-].[Na+].[Na+].[Na+].[Na+].[Na+].[Na+].[Na+].[Na+].[Na+]. The summed E-state index contributed by atoms with van der Waals surface area (Å²) in [5, 5.41) is 38.2. The van der Waals surface area contributed by atoms with Crippen molar-refractivity contribution in [2.75, 3.05) is 81.9 Å². The Bertz CT molecular complexity index is 4190. The summed E-state index contributed by atoms with van der Waals surface area (Å²) in [5.74, 6) is -5.25. The van der Waals surface area contributed by atoms with Crippen molar-refractivity contribution in [1.82, 2.24) is 21.3 Å². The van der Waals surface area contributed by atoms with Crippen LogP contribution < -0.4 is 297 Å². The summed E-state index contributed by atoms with van der Waals surface area (Å²) in [6, 6.07) is -1.90. The first kappa shape index (κ1) is 134. The Kier molecular flexibility index (Phi) is 64.8. The molecule has 7 saturated heterocycles. The van der Waals surface area contributed by atoms with Crippen molar-refractivity contribution in [2.45, 2.75) is 222 Å². The monoisotopic (exact) mass is 2050 g/mol. The molecule has 0 radical (unpaired) electrons. The number of carboxylic acids is 2. The Balaban J connectivity index is -0.0000165. The van der Waals surface area contributed by atoms with Crippen LogP contribution in [0, 0.1) is 0 Å². The molecule has 72 heteroatoms. The summed E-state index contributed by atoms with van der Waals surface area (Å²) < 4.78 is 378. The molecule has 674 valence electrons. The summed E-state index contributed by atoms with van der Waals surface area (Å²) in [6.45, 7) is -4.64. The number of fused-ring (bicyclic) bond motifs is 1. The molecule has 55 nitrogen and oxygen atoms in total. The summed E-state index contributed by atoms with van der Waals surface area (Å²) >= 11 is 1.73. The number of carbonyl (C=O) groups is 5. The molecule has 4 amide bonds. The van der Waals surface area contributed by atoms with Gasteiger partial charge in [-0.05, 0) is 25.7 Å². The van der Waals surface area contributed by atoms with Crippen LogP contribution in [0.25, 0.3) is 0 Å². The third kappa shape index (κ3) is 42.2. The molecule has 7 fully saturated rings. The van der Waals surface area contributed by atoms with E-state index < -0.39 is 264 Å². The van der Waals surface area contributed by atoms with E-state index in [2.05, 4.69) is 50.5 Å². The zero-order valence-corrected chi connectivity index (χ0v) is 94.5. The van der Waals surface area contributed by atoms with Gasteiger partial charge in [-0.3, -0.25) is 38.9 Å². The average Bonchev–Trinajstić information content (AvgIpc) is 1.22. The minimum Gasteiger partial charge on any atom is -0.726 e. The number of carboxylic acid groups (broad SMARTS) is 2. The van der Waals surface area contributed by atoms with E-state index in [0.29, 0.717) is 40.6 Å². The predicted octanol–water partition coefficient (Wildman–Crippen LogP) is -38.9. The Morgan fingerprint density at radius 3 is 1.13 bits per heavy atom. The maximum atomic E-state index is 13.9. The molecule has 7 aliphatic heterocycles. The molecule has 28 unspecified atom stereocenters. The van der Waals surface area contributed by atoms with Crippen molar-refractivity contribution >= 4 is 114 Å². The van der Waals surface area contributed by atoms with Crippen LogP contribution in [-0.4, -0.2) is 373 Å². The molecule has 7 heterocycles. The zero-order chi connectivity index (χ0) is 86.5. The maximum Gasteiger partial charge on any atom is 1.00 e. The largest absolute Gasteiger partial charge is 1.00 e. The number of unbranched alkanes of at least 4 members (excludes halogenated alkanes) is 3. The van der Waals surface area contributed by atoms with E-state index in [0.717, 1.165) is 47.0 Å². The molecule has 0 aromatic heterocycles. The smallest absolute Gasteiger partial charge is 0.726 e. The van der Waals surface area contributed by atoms with Gasteiger partial charge in [0.15, 0.2) is 43.7 Å². The van der Waals surface area contributed by atoms with E-state index in [1.807, 2.05) is 0 Å². The van der Waals surface area contributed by atoms with Crippen molar-refractivity contribution in [2.24, 2.45) is 0 Å². The van der Waals surface area contributed by atoms with Crippen LogP contribution in [0.3, 0.4) is 0 Å². The molecule has 7 rings (SSSR count). The number of methoxy groups -OCH3 is 7. The van der Waals surface area contributed by atoms with Gasteiger partial charge in [0.05, 0.1) is 43.8 Å². The number of carbonyl (C=O) groups excluding carboxylic acids is 5. The molecule has 0 aromatic carbocycles. The van der Waals surface area contributed by atoms with Crippen LogP contribution in [-0.2, 0) is 197 Å². The van der Waals surface area contributed by atoms with E-state index in [1.165, 1.54) is 0 Å².